The smallest absolute Gasteiger partial charge is 0.176 e. The lowest BCUT2D eigenvalue weighted by Crippen LogP contribution is -2.45. The maximum absolute atomic E-state index is 12.3. The minimum atomic E-state index is -0.288. The molecule has 1 aromatic rings. The topological polar surface area (TPSA) is 40.5 Å². The van der Waals surface area contributed by atoms with Crippen molar-refractivity contribution in [3.8, 4) is 0 Å². The lowest BCUT2D eigenvalue weighted by atomic mass is 9.91. The number of Topliss-reactive ketones (excluding diaryl/α,β-unsaturated/α-hetero) is 1. The van der Waals surface area contributed by atoms with Crippen molar-refractivity contribution in [1.29, 1.82) is 0 Å². The van der Waals surface area contributed by atoms with Crippen LogP contribution in [0.1, 0.15) is 48.5 Å². The SMILES string of the molecule is CCc1ccc(C(=O)CN(C)C2CCCCC2O)cc1. The number of benzene rings is 1. The molecule has 0 amide bonds. The molecule has 1 fully saturated rings. The van der Waals surface area contributed by atoms with E-state index in [-0.39, 0.29) is 17.9 Å². The van der Waals surface area contributed by atoms with E-state index in [1.54, 1.807) is 0 Å². The first-order chi connectivity index (χ1) is 9.61. The molecule has 2 unspecified atom stereocenters. The van der Waals surface area contributed by atoms with Gasteiger partial charge in [0.2, 0.25) is 0 Å². The first-order valence-electron chi connectivity index (χ1n) is 7.62. The highest BCUT2D eigenvalue weighted by Crippen LogP contribution is 2.22. The summed E-state index contributed by atoms with van der Waals surface area (Å²) in [4.78, 5) is 14.3. The minimum Gasteiger partial charge on any atom is -0.391 e. The average molecular weight is 275 g/mol. The monoisotopic (exact) mass is 275 g/mol. The largest absolute Gasteiger partial charge is 0.391 e. The molecule has 110 valence electrons. The molecule has 1 saturated carbocycles. The Morgan fingerprint density at radius 2 is 1.90 bits per heavy atom. The van der Waals surface area contributed by atoms with Crippen LogP contribution in [0.15, 0.2) is 24.3 Å². The van der Waals surface area contributed by atoms with Crippen LogP contribution in [0.2, 0.25) is 0 Å². The molecule has 3 nitrogen and oxygen atoms in total. The van der Waals surface area contributed by atoms with Gasteiger partial charge in [-0.25, -0.2) is 0 Å². The molecule has 0 radical (unpaired) electrons. The highest BCUT2D eigenvalue weighted by atomic mass is 16.3. The first kappa shape index (κ1) is 15.2. The molecule has 1 aromatic carbocycles. The third-order valence-corrected chi connectivity index (χ3v) is 4.34. The molecule has 2 atom stereocenters. The van der Waals surface area contributed by atoms with Crippen molar-refractivity contribution in [3.05, 3.63) is 35.4 Å². The van der Waals surface area contributed by atoms with E-state index in [4.69, 9.17) is 0 Å². The van der Waals surface area contributed by atoms with Gasteiger partial charge in [0.1, 0.15) is 0 Å². The summed E-state index contributed by atoms with van der Waals surface area (Å²) in [5, 5.41) is 10.0. The molecule has 20 heavy (non-hydrogen) atoms. The summed E-state index contributed by atoms with van der Waals surface area (Å²) in [6, 6.07) is 7.98. The van der Waals surface area contributed by atoms with Gasteiger partial charge in [0.15, 0.2) is 5.78 Å². The predicted octanol–water partition coefficient (Wildman–Crippen LogP) is 2.67. The minimum absolute atomic E-state index is 0.127. The van der Waals surface area contributed by atoms with Crippen molar-refractivity contribution < 1.29 is 9.90 Å². The van der Waals surface area contributed by atoms with Crippen LogP contribution in [0.4, 0.5) is 0 Å². The van der Waals surface area contributed by atoms with Crippen LogP contribution in [0.5, 0.6) is 0 Å². The summed E-state index contributed by atoms with van der Waals surface area (Å²) in [6.45, 7) is 2.49. The second-order valence-corrected chi connectivity index (χ2v) is 5.81. The van der Waals surface area contributed by atoms with Crippen molar-refractivity contribution in [2.75, 3.05) is 13.6 Å². The number of hydrogen-bond donors (Lipinski definition) is 1. The molecule has 3 heteroatoms. The Balaban J connectivity index is 1.95. The van der Waals surface area contributed by atoms with Crippen molar-refractivity contribution in [1.82, 2.24) is 4.90 Å². The number of aliphatic hydroxyl groups excluding tert-OH is 1. The summed E-state index contributed by atoms with van der Waals surface area (Å²) in [6.07, 6.45) is 4.78. The number of carbonyl (C=O) groups is 1. The second-order valence-electron chi connectivity index (χ2n) is 5.81. The van der Waals surface area contributed by atoms with Crippen LogP contribution in [0.3, 0.4) is 0 Å². The van der Waals surface area contributed by atoms with Crippen LogP contribution in [0.25, 0.3) is 0 Å². The molecule has 0 spiro atoms. The van der Waals surface area contributed by atoms with Crippen LogP contribution in [0, 0.1) is 0 Å². The number of carbonyl (C=O) groups excluding carboxylic acids is 1. The number of aliphatic hydroxyl groups is 1. The van der Waals surface area contributed by atoms with Crippen molar-refractivity contribution >= 4 is 5.78 Å². The van der Waals surface area contributed by atoms with E-state index in [1.165, 1.54) is 5.56 Å². The highest BCUT2D eigenvalue weighted by molar-refractivity contribution is 5.97. The zero-order chi connectivity index (χ0) is 14.5. The van der Waals surface area contributed by atoms with Crippen LogP contribution < -0.4 is 0 Å². The summed E-state index contributed by atoms with van der Waals surface area (Å²) in [7, 11) is 1.94. The summed E-state index contributed by atoms with van der Waals surface area (Å²) in [5.41, 5.74) is 2.01. The van der Waals surface area contributed by atoms with Crippen LogP contribution in [-0.4, -0.2) is 41.5 Å². The maximum Gasteiger partial charge on any atom is 0.176 e. The lowest BCUT2D eigenvalue weighted by molar-refractivity contribution is 0.0322. The molecular weight excluding hydrogens is 250 g/mol. The zero-order valence-electron chi connectivity index (χ0n) is 12.5. The number of nitrogens with zero attached hydrogens (tertiary/aromatic N) is 1. The van der Waals surface area contributed by atoms with E-state index in [0.29, 0.717) is 6.54 Å². The standard InChI is InChI=1S/C17H25NO2/c1-3-13-8-10-14(11-9-13)17(20)12-18(2)15-6-4-5-7-16(15)19/h8-11,15-16,19H,3-7,12H2,1-2H3. The summed E-state index contributed by atoms with van der Waals surface area (Å²) < 4.78 is 0. The molecule has 0 heterocycles. The Bertz CT molecular complexity index is 441. The van der Waals surface area contributed by atoms with Gasteiger partial charge in [0.25, 0.3) is 0 Å². The van der Waals surface area contributed by atoms with Gasteiger partial charge in [-0.1, -0.05) is 44.0 Å². The third kappa shape index (κ3) is 3.68. The average Bonchev–Trinajstić information content (AvgIpc) is 2.47. The molecule has 0 aliphatic heterocycles. The molecule has 0 saturated heterocycles. The van der Waals surface area contributed by atoms with Gasteiger partial charge in [-0.05, 0) is 31.9 Å². The predicted molar refractivity (Wildman–Crippen MR) is 81.0 cm³/mol. The molecular formula is C17H25NO2. The summed E-state index contributed by atoms with van der Waals surface area (Å²) >= 11 is 0. The molecule has 2 rings (SSSR count). The van der Waals surface area contributed by atoms with E-state index in [0.717, 1.165) is 37.7 Å². The number of aryl methyl sites for hydroxylation is 1. The van der Waals surface area contributed by atoms with E-state index in [9.17, 15) is 9.90 Å². The first-order valence-corrected chi connectivity index (χ1v) is 7.62. The van der Waals surface area contributed by atoms with Crippen LogP contribution in [-0.2, 0) is 6.42 Å². The molecule has 1 aliphatic rings. The normalized spacial score (nSPS) is 23.0. The Morgan fingerprint density at radius 3 is 2.50 bits per heavy atom. The number of hydrogen-bond acceptors (Lipinski definition) is 3. The van der Waals surface area contributed by atoms with Gasteiger partial charge in [-0.15, -0.1) is 0 Å². The van der Waals surface area contributed by atoms with Crippen molar-refractivity contribution in [2.24, 2.45) is 0 Å². The van der Waals surface area contributed by atoms with Crippen molar-refractivity contribution in [3.63, 3.8) is 0 Å². The van der Waals surface area contributed by atoms with Crippen molar-refractivity contribution in [2.45, 2.75) is 51.2 Å². The van der Waals surface area contributed by atoms with Gasteiger partial charge in [0.05, 0.1) is 12.6 Å². The Labute approximate surface area is 121 Å². The lowest BCUT2D eigenvalue weighted by Gasteiger charge is -2.34. The van der Waals surface area contributed by atoms with Crippen LogP contribution >= 0.6 is 0 Å². The third-order valence-electron chi connectivity index (χ3n) is 4.34. The number of rotatable bonds is 5. The van der Waals surface area contributed by atoms with E-state index in [1.807, 2.05) is 36.2 Å². The van der Waals surface area contributed by atoms with Gasteiger partial charge in [0, 0.05) is 11.6 Å². The number of likely N-dealkylation sites (N-methyl/N-ethyl adjacent to an activating group) is 1. The Kier molecular flexibility index (Phi) is 5.32. The quantitative estimate of drug-likeness (QED) is 0.840. The molecule has 0 aromatic heterocycles. The molecule has 0 bridgehead atoms. The Morgan fingerprint density at radius 1 is 1.25 bits per heavy atom. The van der Waals surface area contributed by atoms with E-state index in [2.05, 4.69) is 6.92 Å². The van der Waals surface area contributed by atoms with E-state index < -0.39 is 0 Å². The van der Waals surface area contributed by atoms with Gasteiger partial charge < -0.3 is 5.11 Å². The second kappa shape index (κ2) is 7.00. The Hall–Kier alpha value is -1.19. The zero-order valence-corrected chi connectivity index (χ0v) is 12.5. The molecule has 1 N–H and O–H groups in total. The summed E-state index contributed by atoms with van der Waals surface area (Å²) in [5.74, 6) is 0.132. The molecule has 1 aliphatic carbocycles. The highest BCUT2D eigenvalue weighted by Gasteiger charge is 2.27. The fourth-order valence-electron chi connectivity index (χ4n) is 2.97. The van der Waals surface area contributed by atoms with Gasteiger partial charge >= 0.3 is 0 Å². The van der Waals surface area contributed by atoms with E-state index >= 15 is 0 Å². The van der Waals surface area contributed by atoms with Gasteiger partial charge in [-0.3, -0.25) is 9.69 Å². The fourth-order valence-corrected chi connectivity index (χ4v) is 2.97. The van der Waals surface area contributed by atoms with Gasteiger partial charge in [-0.2, -0.15) is 0 Å². The number of ketones is 1. The fraction of sp³-hybridized carbons (Fsp3) is 0.588. The maximum atomic E-state index is 12.3.